The fraction of sp³-hybridized carbons (Fsp3) is 0.550. The van der Waals surface area contributed by atoms with Crippen LogP contribution >= 0.6 is 0 Å². The summed E-state index contributed by atoms with van der Waals surface area (Å²) < 4.78 is 57.6. The van der Waals surface area contributed by atoms with Crippen LogP contribution in [-0.2, 0) is 17.3 Å². The lowest BCUT2D eigenvalue weighted by molar-refractivity contribution is -0.140. The quantitative estimate of drug-likeness (QED) is 0.498. The summed E-state index contributed by atoms with van der Waals surface area (Å²) in [4.78, 5) is 14.2. The first-order valence-electron chi connectivity index (χ1n) is 9.00. The van der Waals surface area contributed by atoms with Gasteiger partial charge in [-0.05, 0) is 64.2 Å². The Kier molecular flexibility index (Phi) is 4.99. The minimum Gasteiger partial charge on any atom is -0.444 e. The normalized spacial score (nSPS) is 22.6. The van der Waals surface area contributed by atoms with E-state index in [0.29, 0.717) is 18.4 Å². The number of carbonyl (C=O) groups is 1. The van der Waals surface area contributed by atoms with Gasteiger partial charge in [0.1, 0.15) is 11.4 Å². The van der Waals surface area contributed by atoms with Crippen molar-refractivity contribution in [2.24, 2.45) is 0 Å². The number of hydrogen-bond donors (Lipinski definition) is 0. The number of nitrogens with zero attached hydrogens (tertiary/aromatic N) is 1. The minimum atomic E-state index is -4.71. The standard InChI is InChI=1S/C20H23F4NO2/c1-19(2,3)27-18(26)25-14-5-6-15(25)10-13(9-14)8-12-4-7-17(21)16(11-12)20(22,23)24/h4,7,9,11,14-15H,5-6,8,10H2,1-3H3. The maximum atomic E-state index is 13.5. The molecule has 2 atom stereocenters. The lowest BCUT2D eigenvalue weighted by Crippen LogP contribution is -2.45. The Labute approximate surface area is 156 Å². The molecule has 0 spiro atoms. The van der Waals surface area contributed by atoms with Crippen LogP contribution in [0.2, 0.25) is 0 Å². The second kappa shape index (κ2) is 6.84. The fourth-order valence-corrected chi connectivity index (χ4v) is 3.81. The summed E-state index contributed by atoms with van der Waals surface area (Å²) in [5.41, 5.74) is -0.431. The third kappa shape index (κ3) is 4.45. The van der Waals surface area contributed by atoms with Crippen LogP contribution in [0, 0.1) is 5.82 Å². The van der Waals surface area contributed by atoms with E-state index in [1.165, 1.54) is 6.07 Å². The molecule has 2 bridgehead atoms. The number of benzene rings is 1. The second-order valence-corrected chi connectivity index (χ2v) is 8.20. The Morgan fingerprint density at radius 1 is 1.22 bits per heavy atom. The average molecular weight is 385 g/mol. The van der Waals surface area contributed by atoms with Gasteiger partial charge in [-0.1, -0.05) is 17.7 Å². The largest absolute Gasteiger partial charge is 0.444 e. The van der Waals surface area contributed by atoms with E-state index >= 15 is 0 Å². The van der Waals surface area contributed by atoms with E-state index in [9.17, 15) is 22.4 Å². The van der Waals surface area contributed by atoms with Crippen molar-refractivity contribution in [1.82, 2.24) is 4.90 Å². The monoisotopic (exact) mass is 385 g/mol. The first-order valence-corrected chi connectivity index (χ1v) is 9.00. The maximum Gasteiger partial charge on any atom is 0.419 e. The van der Waals surface area contributed by atoms with E-state index in [1.807, 2.05) is 26.8 Å². The highest BCUT2D eigenvalue weighted by Crippen LogP contribution is 2.38. The molecule has 27 heavy (non-hydrogen) atoms. The number of halogens is 4. The molecule has 3 rings (SSSR count). The van der Waals surface area contributed by atoms with E-state index in [4.69, 9.17) is 4.74 Å². The highest BCUT2D eigenvalue weighted by Gasteiger charge is 2.41. The van der Waals surface area contributed by atoms with Crippen molar-refractivity contribution >= 4 is 6.09 Å². The highest BCUT2D eigenvalue weighted by atomic mass is 19.4. The van der Waals surface area contributed by atoms with E-state index in [2.05, 4.69) is 0 Å². The summed E-state index contributed by atoms with van der Waals surface area (Å²) in [5.74, 6) is -1.26. The van der Waals surface area contributed by atoms with Crippen LogP contribution in [0.4, 0.5) is 22.4 Å². The summed E-state index contributed by atoms with van der Waals surface area (Å²) in [6, 6.07) is 3.01. The number of ether oxygens (including phenoxy) is 1. The summed E-state index contributed by atoms with van der Waals surface area (Å²) in [7, 11) is 0. The molecular weight excluding hydrogens is 362 g/mol. The molecule has 2 unspecified atom stereocenters. The predicted molar refractivity (Wildman–Crippen MR) is 92.7 cm³/mol. The third-order valence-electron chi connectivity index (χ3n) is 4.84. The number of alkyl halides is 3. The molecule has 0 aliphatic carbocycles. The molecule has 0 aromatic heterocycles. The molecule has 1 amide bonds. The lowest BCUT2D eigenvalue weighted by atomic mass is 9.94. The first kappa shape index (κ1) is 19.7. The first-order chi connectivity index (χ1) is 12.4. The Morgan fingerprint density at radius 2 is 1.93 bits per heavy atom. The van der Waals surface area contributed by atoms with Crippen LogP contribution in [-0.4, -0.2) is 28.7 Å². The molecular formula is C20H23F4NO2. The summed E-state index contributed by atoms with van der Waals surface area (Å²) in [5, 5.41) is 0. The van der Waals surface area contributed by atoms with Crippen molar-refractivity contribution in [3.8, 4) is 0 Å². The van der Waals surface area contributed by atoms with Gasteiger partial charge in [-0.3, -0.25) is 4.90 Å². The zero-order chi connectivity index (χ0) is 20.0. The van der Waals surface area contributed by atoms with E-state index in [-0.39, 0.29) is 18.2 Å². The Hall–Kier alpha value is -2.05. The number of rotatable bonds is 2. The molecule has 0 N–H and O–H groups in total. The molecule has 2 heterocycles. The van der Waals surface area contributed by atoms with E-state index < -0.39 is 23.2 Å². The number of hydrogen-bond acceptors (Lipinski definition) is 2. The molecule has 3 nitrogen and oxygen atoms in total. The fourth-order valence-electron chi connectivity index (χ4n) is 3.81. The zero-order valence-corrected chi connectivity index (χ0v) is 15.6. The Balaban J connectivity index is 1.76. The maximum absolute atomic E-state index is 13.5. The van der Waals surface area contributed by atoms with Crippen molar-refractivity contribution < 1.29 is 27.1 Å². The molecule has 7 heteroatoms. The summed E-state index contributed by atoms with van der Waals surface area (Å²) >= 11 is 0. The topological polar surface area (TPSA) is 29.5 Å². The number of carbonyl (C=O) groups excluding carboxylic acids is 1. The molecule has 0 radical (unpaired) electrons. The van der Waals surface area contributed by atoms with Crippen molar-refractivity contribution in [2.75, 3.05) is 0 Å². The van der Waals surface area contributed by atoms with Gasteiger partial charge in [-0.25, -0.2) is 9.18 Å². The minimum absolute atomic E-state index is 0.00705. The van der Waals surface area contributed by atoms with Crippen molar-refractivity contribution in [2.45, 2.75) is 70.3 Å². The third-order valence-corrected chi connectivity index (χ3v) is 4.84. The van der Waals surface area contributed by atoms with Crippen LogP contribution in [0.25, 0.3) is 0 Å². The van der Waals surface area contributed by atoms with Gasteiger partial charge < -0.3 is 4.74 Å². The number of fused-ring (bicyclic) bond motifs is 2. The van der Waals surface area contributed by atoms with Gasteiger partial charge in [-0.15, -0.1) is 0 Å². The number of amides is 1. The van der Waals surface area contributed by atoms with Gasteiger partial charge in [0, 0.05) is 6.04 Å². The molecule has 2 aliphatic rings. The molecule has 1 aromatic rings. The zero-order valence-electron chi connectivity index (χ0n) is 15.6. The molecule has 148 valence electrons. The summed E-state index contributed by atoms with van der Waals surface area (Å²) in [6.45, 7) is 5.43. The van der Waals surface area contributed by atoms with Crippen LogP contribution in [0.1, 0.15) is 51.2 Å². The second-order valence-electron chi connectivity index (χ2n) is 8.20. The Bertz CT molecular complexity index is 764. The predicted octanol–water partition coefficient (Wildman–Crippen LogP) is 5.49. The van der Waals surface area contributed by atoms with Crippen molar-refractivity contribution in [3.63, 3.8) is 0 Å². The Morgan fingerprint density at radius 3 is 2.52 bits per heavy atom. The highest BCUT2D eigenvalue weighted by molar-refractivity contribution is 5.70. The lowest BCUT2D eigenvalue weighted by Gasteiger charge is -2.35. The molecule has 1 aromatic carbocycles. The molecule has 0 saturated carbocycles. The van der Waals surface area contributed by atoms with Gasteiger partial charge in [-0.2, -0.15) is 13.2 Å². The molecule has 1 saturated heterocycles. The van der Waals surface area contributed by atoms with Gasteiger partial charge in [0.15, 0.2) is 0 Å². The van der Waals surface area contributed by atoms with Crippen LogP contribution in [0.5, 0.6) is 0 Å². The molecule has 1 fully saturated rings. The van der Waals surface area contributed by atoms with Crippen molar-refractivity contribution in [3.05, 3.63) is 46.8 Å². The van der Waals surface area contributed by atoms with Crippen LogP contribution < -0.4 is 0 Å². The van der Waals surface area contributed by atoms with Crippen LogP contribution in [0.15, 0.2) is 29.8 Å². The van der Waals surface area contributed by atoms with Crippen LogP contribution in [0.3, 0.4) is 0 Å². The van der Waals surface area contributed by atoms with E-state index in [0.717, 1.165) is 30.5 Å². The van der Waals surface area contributed by atoms with E-state index in [1.54, 1.807) is 4.90 Å². The van der Waals surface area contributed by atoms with Gasteiger partial charge in [0.25, 0.3) is 0 Å². The summed E-state index contributed by atoms with van der Waals surface area (Å²) in [6.07, 6.45) is -0.567. The van der Waals surface area contributed by atoms with Gasteiger partial charge >= 0.3 is 12.3 Å². The SMILES string of the molecule is CC(C)(C)OC(=O)N1C2C=C(Cc3ccc(F)c(C(F)(F)F)c3)CC1CC2. The molecule has 2 aliphatic heterocycles. The van der Waals surface area contributed by atoms with Gasteiger partial charge in [0.2, 0.25) is 0 Å². The smallest absolute Gasteiger partial charge is 0.419 e. The van der Waals surface area contributed by atoms with Crippen molar-refractivity contribution in [1.29, 1.82) is 0 Å². The van der Waals surface area contributed by atoms with Gasteiger partial charge in [0.05, 0.1) is 11.6 Å². The average Bonchev–Trinajstić information content (AvgIpc) is 2.78.